The van der Waals surface area contributed by atoms with Crippen molar-refractivity contribution in [1.29, 1.82) is 0 Å². The van der Waals surface area contributed by atoms with Crippen LogP contribution in [0.4, 0.5) is 30.7 Å². The summed E-state index contributed by atoms with van der Waals surface area (Å²) >= 11 is 0. The van der Waals surface area contributed by atoms with Crippen LogP contribution in [-0.4, -0.2) is 259 Å². The Balaban J connectivity index is 0.000000260. The number of carbonyl (C=O) groups is 1. The molecule has 1 amide bonds. The summed E-state index contributed by atoms with van der Waals surface area (Å²) < 4.78 is 304. The van der Waals surface area contributed by atoms with E-state index in [-0.39, 0.29) is 34.5 Å². The van der Waals surface area contributed by atoms with Crippen LogP contribution < -0.4 is 27.9 Å². The molecule has 24 atom stereocenters. The van der Waals surface area contributed by atoms with Crippen molar-refractivity contribution in [3.63, 3.8) is 0 Å². The Morgan fingerprint density at radius 2 is 0.865 bits per heavy atom. The lowest BCUT2D eigenvalue weighted by atomic mass is 9.96. The Hall–Kier alpha value is -4.64. The van der Waals surface area contributed by atoms with E-state index in [0.29, 0.717) is 4.57 Å². The molecule has 0 aliphatic carbocycles. The molecule has 8 unspecified atom stereocenters. The monoisotopic (exact) mass is 2090 g/mol. The summed E-state index contributed by atoms with van der Waals surface area (Å²) in [5.74, 6) is -11.9. The molecule has 63 nitrogen and oxygen atoms in total. The zero-order chi connectivity index (χ0) is 97.1. The fourth-order valence-corrected chi connectivity index (χ4v) is 22.7. The second-order valence-electron chi connectivity index (χ2n) is 26.0. The second kappa shape index (κ2) is 38.4. The van der Waals surface area contributed by atoms with Crippen LogP contribution in [0.2, 0.25) is 0 Å². The molecular weight excluding hydrogens is 2020 g/mol. The third kappa shape index (κ3) is 29.2. The van der Waals surface area contributed by atoms with Crippen molar-refractivity contribution in [3.05, 3.63) is 105 Å². The maximum absolute atomic E-state index is 15.3. The van der Waals surface area contributed by atoms with Crippen LogP contribution in [0.15, 0.2) is 87.3 Å². The van der Waals surface area contributed by atoms with E-state index < -0.39 is 239 Å². The van der Waals surface area contributed by atoms with Gasteiger partial charge < -0.3 is 144 Å². The molecule has 126 heavy (non-hydrogen) atoms. The van der Waals surface area contributed by atoms with Gasteiger partial charge in [0.05, 0.1) is 12.9 Å². The number of fused-ring (bicyclic) bond motifs is 1. The number of phosphoric acid groups is 12. The number of aliphatic imine (C=N–C) groups is 1. The van der Waals surface area contributed by atoms with Crippen molar-refractivity contribution in [2.45, 2.75) is 130 Å². The van der Waals surface area contributed by atoms with Crippen molar-refractivity contribution in [2.75, 3.05) is 26.4 Å². The van der Waals surface area contributed by atoms with E-state index in [2.05, 4.69) is 91.0 Å². The Morgan fingerprint density at radius 1 is 0.508 bits per heavy atom. The first-order valence-electron chi connectivity index (χ1n) is 31.8. The number of aromatic amines is 2. The minimum absolute atomic E-state index is 0.00476. The Morgan fingerprint density at radius 3 is 1.23 bits per heavy atom. The van der Waals surface area contributed by atoms with Crippen molar-refractivity contribution in [1.82, 2.24) is 44.2 Å². The number of ether oxygens (including phenoxy) is 4. The quantitative estimate of drug-likeness (QED) is 0.0260. The highest BCUT2D eigenvalue weighted by molar-refractivity contribution is 7.68. The van der Waals surface area contributed by atoms with Crippen LogP contribution in [0.3, 0.4) is 0 Å². The molecule has 4 saturated heterocycles. The Kier molecular flexibility index (Phi) is 33.5. The van der Waals surface area contributed by atoms with Crippen LogP contribution in [-0.2, 0) is 131 Å². The smallest absolute Gasteiger partial charge is 0.387 e. The fourth-order valence-electron chi connectivity index (χ4n) is 10.5. The van der Waals surface area contributed by atoms with Crippen LogP contribution in [0.1, 0.15) is 46.0 Å². The summed E-state index contributed by atoms with van der Waals surface area (Å²) in [6, 6.07) is 0.867. The van der Waals surface area contributed by atoms with E-state index in [1.54, 1.807) is 0 Å². The minimum Gasteiger partial charge on any atom is -0.387 e. The van der Waals surface area contributed by atoms with Crippen LogP contribution >= 0.6 is 93.9 Å². The lowest BCUT2D eigenvalue weighted by molar-refractivity contribution is -0.199. The molecule has 6 aliphatic heterocycles. The number of aliphatic hydroxyl groups is 4. The number of aliphatic hydroxyl groups excluding tert-OH is 1. The number of amidine groups is 1. The van der Waals surface area contributed by atoms with Gasteiger partial charge in [-0.3, -0.25) is 46.6 Å². The van der Waals surface area contributed by atoms with Crippen molar-refractivity contribution >= 4 is 117 Å². The second-order valence-corrected chi connectivity index (χ2v) is 43.7. The summed E-state index contributed by atoms with van der Waals surface area (Å²) in [4.78, 5) is 205. The van der Waals surface area contributed by atoms with Gasteiger partial charge in [0.2, 0.25) is 0 Å². The van der Waals surface area contributed by atoms with Gasteiger partial charge >= 0.3 is 99.6 Å². The highest BCUT2D eigenvalue weighted by Crippen LogP contribution is 2.71. The highest BCUT2D eigenvalue weighted by Gasteiger charge is 2.69. The number of hydrogen-bond donors (Lipinski definition) is 24. The number of nitrogens with one attached hydrogen (secondary N) is 3. The summed E-state index contributed by atoms with van der Waals surface area (Å²) in [5, 5.41) is 43.6. The first-order chi connectivity index (χ1) is 56.3. The average molecular weight is 2090 g/mol. The van der Waals surface area contributed by atoms with Crippen LogP contribution in [0.25, 0.3) is 11.2 Å². The SMILES string of the molecule is C=C1N=C(N)C=CN1[C@@H]1O[C@](F)(COP(=O)(O)OP(=O)(O)OP(=O)(O)O)[C@@H](F)[C@@]1(C)O.C=C1NC(=O)C=CN1[C@@H]1O[C@](F)(COP(=O)(O)OP(=O)(O)OP(=O)(O)O)[C@@H](F)[C@@]1(C)O.C[C@]1(COP(=O)(O)OP(=O)(O)OP(=O)(O)O)O[C@@H](n2ccc(=O)[nH]c2=O)[C@H](F)[C@@H]1O.Cc1nc2c(ncn2[C@@H]2O[C@](F)(COP(=O)(O)OP(=O)(O)OP(=O)(O)O)[C@@H](F)[C@@]2(C)O)c(=O)[nH]1. The molecule has 0 bridgehead atoms. The van der Waals surface area contributed by atoms with Crippen LogP contribution in [0, 0.1) is 6.92 Å². The highest BCUT2D eigenvalue weighted by atomic mass is 31.3. The van der Waals surface area contributed by atoms with Crippen molar-refractivity contribution in [2.24, 2.45) is 10.7 Å². The number of aryl methyl sites for hydroxylation is 1. The number of nitrogens with two attached hydrogens (primary N) is 1. The minimum atomic E-state index is -5.91. The van der Waals surface area contributed by atoms with Gasteiger partial charge in [-0.15, -0.1) is 0 Å². The molecule has 25 N–H and O–H groups in total. The summed E-state index contributed by atoms with van der Waals surface area (Å²) in [7, 11) is -68.9. The standard InChI is InChI=1S/C12H17F2N4O13P3.C11H18F2N3O12P3.C11H17F2N2O13P3.C10H16FN2O14P3/c1-5-16-7-6(8(19)17-5)15-4-18(7)10-11(2,20)9(13)12(14,29-10)3-28-33(24,25)31-34(26,27)30-32(21,22)23;1-6-15-7(14)3-4-16(6)9-10(2,17)8(12)11(13,26-9)5-25-30(21,22)28-31(23,24)27-29(18,19)20;1-6-14-7(16)3-4-15(6)9-10(2,17)8(12)11(13,26-9)5-25-30(21,22)28-31(23,24)27-29(18,19)20;1-10(4-24-29(20,21)27-30(22,23)26-28(17,18)19)7(15)6(11)8(25-10)13-3-2-5(14)12-9(13)16/h4,9-10,20H,3H2,1-2H3,(H,24,25)(H,26,27)(H,16,17,19)(H2,21,22,23);3-4,8-9,17H,1,5H2,2H3,(H2,14,15)(H,21,22)(H,23,24)(H2,18,19,20);3-4,8-9,17H,1,5H2,2H3,(H,14,16)(H,21,22)(H,23,24)(H2,18,19,20);2-3,6-8,15H,4H2,1H3,(H,20,21)(H,22,23)(H,12,14,16)(H2,17,18,19)/t9-,10+,11+,12+;2*8-,9+,10+,11+;6-,7+,8-,10-/m0001/s1. The summed E-state index contributed by atoms with van der Waals surface area (Å²) in [6.07, 6.45) is -14.6. The molecule has 0 spiro atoms. The molecule has 0 aromatic carbocycles. The number of alkyl halides is 7. The van der Waals surface area contributed by atoms with E-state index in [0.717, 1.165) is 79.1 Å². The lowest BCUT2D eigenvalue weighted by Crippen LogP contribution is -2.53. The molecule has 3 aromatic rings. The van der Waals surface area contributed by atoms with Gasteiger partial charge in [-0.1, -0.05) is 13.2 Å². The molecule has 4 fully saturated rings. The number of amides is 1. The molecule has 9 heterocycles. The maximum Gasteiger partial charge on any atom is 0.490 e. The third-order valence-electron chi connectivity index (χ3n) is 15.5. The molecule has 0 radical (unpaired) electrons. The Bertz CT molecular complexity index is 5570. The molecule has 6 aliphatic rings. The molecule has 3 aromatic heterocycles. The van der Waals surface area contributed by atoms with Gasteiger partial charge in [0.1, 0.15) is 71.6 Å². The number of carbonyl (C=O) groups excluding carboxylic acids is 1. The molecular formula is C44H68F7N11O52P12. The number of phosphoric ester groups is 4. The number of hydrogen-bond acceptors (Lipinski definition) is 42. The molecule has 82 heteroatoms. The number of rotatable bonds is 32. The van der Waals surface area contributed by atoms with E-state index in [1.165, 1.54) is 13.0 Å². The number of nitrogens with zero attached hydrogens (tertiary/aromatic N) is 7. The van der Waals surface area contributed by atoms with E-state index in [4.69, 9.17) is 83.4 Å². The maximum atomic E-state index is 15.3. The number of imidazole rings is 1. The lowest BCUT2D eigenvalue weighted by Gasteiger charge is -2.36. The first-order valence-corrected chi connectivity index (χ1v) is 49.9. The average Bonchev–Trinajstić information content (AvgIpc) is 1.57. The van der Waals surface area contributed by atoms with Crippen molar-refractivity contribution < 1.29 is 261 Å². The summed E-state index contributed by atoms with van der Waals surface area (Å²) in [5.41, 5.74) is -7.70. The predicted octanol–water partition coefficient (Wildman–Crippen LogP) is -1.12. The zero-order valence-electron chi connectivity index (χ0n) is 62.2. The first kappa shape index (κ1) is 110. The van der Waals surface area contributed by atoms with Gasteiger partial charge in [-0.25, -0.2) is 105 Å². The van der Waals surface area contributed by atoms with E-state index in [9.17, 15) is 132 Å². The normalized spacial score (nSPS) is 33.4. The number of H-pyrrole nitrogens is 2. The fraction of sp³-hybridized carbons (Fsp3) is 0.568. The van der Waals surface area contributed by atoms with E-state index >= 15 is 13.2 Å². The van der Waals surface area contributed by atoms with Crippen molar-refractivity contribution in [3.8, 4) is 0 Å². The third-order valence-corrected chi connectivity index (χ3v) is 30.6. The predicted molar refractivity (Wildman–Crippen MR) is 381 cm³/mol. The molecule has 0 saturated carbocycles. The van der Waals surface area contributed by atoms with Gasteiger partial charge in [-0.2, -0.15) is 34.5 Å². The van der Waals surface area contributed by atoms with Gasteiger partial charge in [-0.05, 0) is 40.7 Å². The zero-order valence-corrected chi connectivity index (χ0v) is 72.9. The van der Waals surface area contributed by atoms with Gasteiger partial charge in [0, 0.05) is 30.7 Å². The van der Waals surface area contributed by atoms with E-state index in [1.807, 2.05) is 4.98 Å². The largest absolute Gasteiger partial charge is 0.490 e. The van der Waals surface area contributed by atoms with Crippen LogP contribution in [0.5, 0.6) is 0 Å². The topological polar surface area (TPSA) is 950 Å². The molecule has 9 rings (SSSR count). The van der Waals surface area contributed by atoms with Gasteiger partial charge in [0.25, 0.3) is 34.6 Å². The van der Waals surface area contributed by atoms with Gasteiger partial charge in [0.15, 0.2) is 60.8 Å². The Labute approximate surface area is 691 Å². The number of halogens is 7. The summed E-state index contributed by atoms with van der Waals surface area (Å²) in [6.45, 7) is 5.14. The molecule has 720 valence electrons. The number of aromatic nitrogens is 6.